The normalized spacial score (nSPS) is 11.2. The molecule has 2 heterocycles. The molecule has 0 spiro atoms. The van der Waals surface area contributed by atoms with Gasteiger partial charge in [0.1, 0.15) is 0 Å². The summed E-state index contributed by atoms with van der Waals surface area (Å²) in [5.74, 6) is 0. The monoisotopic (exact) mass is 227 g/mol. The molecule has 0 amide bonds. The van der Waals surface area contributed by atoms with E-state index in [0.717, 1.165) is 27.9 Å². The van der Waals surface area contributed by atoms with E-state index in [1.807, 2.05) is 23.9 Å². The van der Waals surface area contributed by atoms with Gasteiger partial charge in [-0.05, 0) is 13.0 Å². The topological polar surface area (TPSA) is 72.5 Å². The van der Waals surface area contributed by atoms with E-state index in [0.29, 0.717) is 5.69 Å². The Balaban J connectivity index is 2.24. The van der Waals surface area contributed by atoms with E-state index in [-0.39, 0.29) is 0 Å². The van der Waals surface area contributed by atoms with Gasteiger partial charge < -0.3 is 5.73 Å². The second-order valence-electron chi connectivity index (χ2n) is 4.14. The van der Waals surface area contributed by atoms with E-state index < -0.39 is 0 Å². The van der Waals surface area contributed by atoms with Gasteiger partial charge in [0.05, 0.1) is 23.1 Å². The van der Waals surface area contributed by atoms with Crippen LogP contribution in [0, 0.1) is 6.92 Å². The molecule has 0 saturated heterocycles. The first-order chi connectivity index (χ1) is 8.16. The summed E-state index contributed by atoms with van der Waals surface area (Å²) in [5.41, 5.74) is 10.5. The van der Waals surface area contributed by atoms with Gasteiger partial charge in [-0.3, -0.25) is 9.78 Å². The molecule has 0 unspecified atom stereocenters. The quantitative estimate of drug-likeness (QED) is 0.666. The minimum absolute atomic E-state index is 0.650. The van der Waals surface area contributed by atoms with Crippen LogP contribution in [0.1, 0.15) is 5.69 Å². The van der Waals surface area contributed by atoms with Crippen LogP contribution < -0.4 is 5.73 Å². The predicted octanol–water partition coefficient (Wildman–Crippen LogP) is 1.85. The van der Waals surface area contributed by atoms with Crippen LogP contribution in [-0.2, 0) is 7.05 Å². The summed E-state index contributed by atoms with van der Waals surface area (Å²) in [6.07, 6.45) is 1.61. The Labute approximate surface area is 98.2 Å². The van der Waals surface area contributed by atoms with E-state index in [1.54, 1.807) is 6.20 Å². The van der Waals surface area contributed by atoms with Crippen molar-refractivity contribution in [3.8, 4) is 11.3 Å². The Morgan fingerprint density at radius 1 is 1.35 bits per heavy atom. The molecule has 0 aliphatic rings. The lowest BCUT2D eigenvalue weighted by atomic mass is 10.1. The van der Waals surface area contributed by atoms with E-state index in [2.05, 4.69) is 28.3 Å². The highest BCUT2D eigenvalue weighted by molar-refractivity contribution is 5.87. The maximum atomic E-state index is 5.83. The predicted molar refractivity (Wildman–Crippen MR) is 67.4 cm³/mol. The van der Waals surface area contributed by atoms with Crippen molar-refractivity contribution in [3.63, 3.8) is 0 Å². The van der Waals surface area contributed by atoms with Crippen LogP contribution in [0.15, 0.2) is 24.4 Å². The number of H-pyrrole nitrogens is 1. The van der Waals surface area contributed by atoms with Gasteiger partial charge in [-0.25, -0.2) is 0 Å². The lowest BCUT2D eigenvalue weighted by Crippen LogP contribution is -1.91. The zero-order valence-electron chi connectivity index (χ0n) is 9.73. The lowest BCUT2D eigenvalue weighted by Gasteiger charge is -1.99. The molecule has 3 aromatic rings. The molecular weight excluding hydrogens is 214 g/mol. The van der Waals surface area contributed by atoms with Crippen molar-refractivity contribution < 1.29 is 0 Å². The standard InChI is InChI=1S/C12H13N5/c1-7-9-4-3-8(5-11(9)16-17(7)2)12-10(13)6-14-15-12/h3-6H,13H2,1-2H3,(H,14,15). The van der Waals surface area contributed by atoms with Crippen LogP contribution in [0.2, 0.25) is 0 Å². The number of anilines is 1. The average Bonchev–Trinajstić information content (AvgIpc) is 2.84. The fourth-order valence-electron chi connectivity index (χ4n) is 2.01. The number of nitrogens with two attached hydrogens (primary N) is 1. The first kappa shape index (κ1) is 9.89. The summed E-state index contributed by atoms with van der Waals surface area (Å²) in [5, 5.41) is 12.4. The third-order valence-electron chi connectivity index (χ3n) is 3.09. The summed E-state index contributed by atoms with van der Waals surface area (Å²) in [6.45, 7) is 2.06. The van der Waals surface area contributed by atoms with Gasteiger partial charge in [0.2, 0.25) is 0 Å². The second-order valence-corrected chi connectivity index (χ2v) is 4.14. The van der Waals surface area contributed by atoms with Crippen molar-refractivity contribution in [2.45, 2.75) is 6.92 Å². The smallest absolute Gasteiger partial charge is 0.0932 e. The number of fused-ring (bicyclic) bond motifs is 1. The highest BCUT2D eigenvalue weighted by Gasteiger charge is 2.09. The summed E-state index contributed by atoms with van der Waals surface area (Å²) in [6, 6.07) is 6.11. The van der Waals surface area contributed by atoms with Crippen LogP contribution in [0.5, 0.6) is 0 Å². The molecule has 3 N–H and O–H groups in total. The van der Waals surface area contributed by atoms with Gasteiger partial charge in [0.15, 0.2) is 0 Å². The van der Waals surface area contributed by atoms with Crippen molar-refractivity contribution >= 4 is 16.6 Å². The van der Waals surface area contributed by atoms with Crippen molar-refractivity contribution in [2.24, 2.45) is 7.05 Å². The molecule has 0 aliphatic heterocycles. The van der Waals surface area contributed by atoms with Gasteiger partial charge in [0, 0.05) is 23.7 Å². The van der Waals surface area contributed by atoms with Crippen molar-refractivity contribution in [2.75, 3.05) is 5.73 Å². The third kappa shape index (κ3) is 1.39. The Hall–Kier alpha value is -2.30. The molecule has 1 aromatic carbocycles. The molecule has 5 heteroatoms. The van der Waals surface area contributed by atoms with Crippen LogP contribution >= 0.6 is 0 Å². The molecule has 5 nitrogen and oxygen atoms in total. The zero-order chi connectivity index (χ0) is 12.0. The van der Waals surface area contributed by atoms with E-state index in [1.165, 1.54) is 0 Å². The largest absolute Gasteiger partial charge is 0.396 e. The zero-order valence-corrected chi connectivity index (χ0v) is 9.73. The molecule has 0 aliphatic carbocycles. The Bertz CT molecular complexity index is 692. The molecule has 0 atom stereocenters. The minimum Gasteiger partial charge on any atom is -0.396 e. The van der Waals surface area contributed by atoms with Gasteiger partial charge in [-0.2, -0.15) is 10.2 Å². The summed E-state index contributed by atoms with van der Waals surface area (Å²) >= 11 is 0. The molecule has 17 heavy (non-hydrogen) atoms. The van der Waals surface area contributed by atoms with Crippen LogP contribution in [-0.4, -0.2) is 20.0 Å². The highest BCUT2D eigenvalue weighted by Crippen LogP contribution is 2.27. The minimum atomic E-state index is 0.650. The summed E-state index contributed by atoms with van der Waals surface area (Å²) < 4.78 is 1.88. The Morgan fingerprint density at radius 2 is 2.18 bits per heavy atom. The number of aromatic nitrogens is 4. The number of nitrogen functional groups attached to an aromatic ring is 1. The Kier molecular flexibility index (Phi) is 1.95. The number of nitrogens with one attached hydrogen (secondary N) is 1. The molecule has 0 bridgehead atoms. The van der Waals surface area contributed by atoms with Crippen LogP contribution in [0.3, 0.4) is 0 Å². The SMILES string of the molecule is Cc1c2ccc(-c3[nH]ncc3N)cc2nn1C. The number of nitrogens with zero attached hydrogens (tertiary/aromatic N) is 3. The number of aryl methyl sites for hydroxylation is 2. The Morgan fingerprint density at radius 3 is 2.88 bits per heavy atom. The maximum Gasteiger partial charge on any atom is 0.0932 e. The van der Waals surface area contributed by atoms with Gasteiger partial charge in [0.25, 0.3) is 0 Å². The van der Waals surface area contributed by atoms with Gasteiger partial charge >= 0.3 is 0 Å². The van der Waals surface area contributed by atoms with E-state index in [4.69, 9.17) is 5.73 Å². The molecule has 3 rings (SSSR count). The number of hydrogen-bond acceptors (Lipinski definition) is 3. The number of hydrogen-bond donors (Lipinski definition) is 2. The molecular formula is C12H13N5. The first-order valence-electron chi connectivity index (χ1n) is 5.39. The van der Waals surface area contributed by atoms with Gasteiger partial charge in [-0.15, -0.1) is 0 Å². The summed E-state index contributed by atoms with van der Waals surface area (Å²) in [4.78, 5) is 0. The van der Waals surface area contributed by atoms with Crippen molar-refractivity contribution in [1.82, 2.24) is 20.0 Å². The first-order valence-corrected chi connectivity index (χ1v) is 5.39. The molecule has 86 valence electrons. The summed E-state index contributed by atoms with van der Waals surface area (Å²) in [7, 11) is 1.94. The molecule has 2 aromatic heterocycles. The van der Waals surface area contributed by atoms with E-state index in [9.17, 15) is 0 Å². The maximum absolute atomic E-state index is 5.83. The fraction of sp³-hybridized carbons (Fsp3) is 0.167. The van der Waals surface area contributed by atoms with Crippen LogP contribution in [0.25, 0.3) is 22.2 Å². The van der Waals surface area contributed by atoms with Crippen LogP contribution in [0.4, 0.5) is 5.69 Å². The third-order valence-corrected chi connectivity index (χ3v) is 3.09. The molecule has 0 fully saturated rings. The lowest BCUT2D eigenvalue weighted by molar-refractivity contribution is 0.751. The van der Waals surface area contributed by atoms with E-state index >= 15 is 0 Å². The average molecular weight is 227 g/mol. The van der Waals surface area contributed by atoms with Crippen molar-refractivity contribution in [3.05, 3.63) is 30.1 Å². The molecule has 0 radical (unpaired) electrons. The fourth-order valence-corrected chi connectivity index (χ4v) is 2.01. The number of aromatic amines is 1. The second kappa shape index (κ2) is 3.35. The van der Waals surface area contributed by atoms with Gasteiger partial charge in [-0.1, -0.05) is 12.1 Å². The van der Waals surface area contributed by atoms with Crippen molar-refractivity contribution in [1.29, 1.82) is 0 Å². The number of rotatable bonds is 1. The number of benzene rings is 1. The highest BCUT2D eigenvalue weighted by atomic mass is 15.3. The molecule has 0 saturated carbocycles.